The van der Waals surface area contributed by atoms with Crippen LogP contribution in [0.3, 0.4) is 0 Å². The maximum absolute atomic E-state index is 12.3. The number of amides is 1. The van der Waals surface area contributed by atoms with Crippen molar-refractivity contribution in [2.24, 2.45) is 0 Å². The third-order valence-electron chi connectivity index (χ3n) is 4.38. The summed E-state index contributed by atoms with van der Waals surface area (Å²) < 4.78 is 10.9. The average molecular weight is 325 g/mol. The highest BCUT2D eigenvalue weighted by atomic mass is 16.5. The summed E-state index contributed by atoms with van der Waals surface area (Å²) in [6.45, 7) is 1.97. The second-order valence-electron chi connectivity index (χ2n) is 6.15. The Labute approximate surface area is 142 Å². The molecule has 0 spiro atoms. The Morgan fingerprint density at radius 3 is 2.88 bits per heavy atom. The van der Waals surface area contributed by atoms with Crippen LogP contribution in [-0.2, 0) is 11.2 Å². The number of hydrogen-bond donors (Lipinski definition) is 1. The first kappa shape index (κ1) is 16.4. The first-order valence-electron chi connectivity index (χ1n) is 8.32. The molecule has 1 atom stereocenters. The third kappa shape index (κ3) is 3.70. The summed E-state index contributed by atoms with van der Waals surface area (Å²) in [5.74, 6) is 1.12. The fraction of sp³-hybridized carbons (Fsp3) is 0.350. The molecule has 2 aromatic rings. The number of ether oxygens (including phenoxy) is 2. The summed E-state index contributed by atoms with van der Waals surface area (Å²) in [4.78, 5) is 12.3. The quantitative estimate of drug-likeness (QED) is 0.914. The van der Waals surface area contributed by atoms with Crippen molar-refractivity contribution in [2.45, 2.75) is 32.2 Å². The minimum atomic E-state index is -0.112. The van der Waals surface area contributed by atoms with Gasteiger partial charge in [0.05, 0.1) is 13.2 Å². The predicted octanol–water partition coefficient (Wildman–Crippen LogP) is 3.58. The Hall–Kier alpha value is -2.49. The van der Waals surface area contributed by atoms with Gasteiger partial charge in [-0.1, -0.05) is 30.3 Å². The number of nitrogens with one attached hydrogen (secondary N) is 1. The second-order valence-corrected chi connectivity index (χ2v) is 6.15. The van der Waals surface area contributed by atoms with Crippen LogP contribution in [0.1, 0.15) is 35.6 Å². The van der Waals surface area contributed by atoms with E-state index >= 15 is 0 Å². The molecule has 0 radical (unpaired) electrons. The number of rotatable bonds is 5. The zero-order valence-corrected chi connectivity index (χ0v) is 14.2. The summed E-state index contributed by atoms with van der Waals surface area (Å²) in [5.41, 5.74) is 3.64. The third-order valence-corrected chi connectivity index (χ3v) is 4.38. The minimum absolute atomic E-state index is 0.0158. The normalized spacial score (nSPS) is 16.2. The molecule has 0 aromatic heterocycles. The van der Waals surface area contributed by atoms with E-state index in [1.54, 1.807) is 7.11 Å². The van der Waals surface area contributed by atoms with Crippen LogP contribution in [-0.4, -0.2) is 19.6 Å². The molecule has 0 heterocycles. The van der Waals surface area contributed by atoms with Crippen molar-refractivity contribution in [1.82, 2.24) is 5.32 Å². The first-order valence-corrected chi connectivity index (χ1v) is 8.32. The molecule has 1 N–H and O–H groups in total. The fourth-order valence-electron chi connectivity index (χ4n) is 3.18. The van der Waals surface area contributed by atoms with Crippen molar-refractivity contribution in [3.05, 3.63) is 59.2 Å². The van der Waals surface area contributed by atoms with Gasteiger partial charge in [0.1, 0.15) is 0 Å². The molecular weight excluding hydrogens is 302 g/mol. The van der Waals surface area contributed by atoms with Gasteiger partial charge in [-0.3, -0.25) is 4.79 Å². The Kier molecular flexibility index (Phi) is 5.04. The van der Waals surface area contributed by atoms with E-state index in [0.29, 0.717) is 11.5 Å². The lowest BCUT2D eigenvalue weighted by Gasteiger charge is -2.26. The molecule has 24 heavy (non-hydrogen) atoms. The highest BCUT2D eigenvalue weighted by molar-refractivity contribution is 5.78. The monoisotopic (exact) mass is 325 g/mol. The summed E-state index contributed by atoms with van der Waals surface area (Å²) in [7, 11) is 1.60. The standard InChI is InChI=1S/C20H23NO3/c1-14-10-11-18(19(12-14)23-2)24-13-20(22)21-17-9-5-7-15-6-3-4-8-16(15)17/h3-4,6,8,10-12,17H,5,7,9,13H2,1-2H3,(H,21,22)/t17-/m1/s1. The molecule has 2 aromatic carbocycles. The SMILES string of the molecule is COc1cc(C)ccc1OCC(=O)N[C@@H]1CCCc2ccccc21. The molecule has 0 aliphatic heterocycles. The van der Waals surface area contributed by atoms with Gasteiger partial charge in [-0.25, -0.2) is 0 Å². The van der Waals surface area contributed by atoms with Gasteiger partial charge < -0.3 is 14.8 Å². The van der Waals surface area contributed by atoms with E-state index in [0.717, 1.165) is 24.8 Å². The number of aryl methyl sites for hydroxylation is 2. The number of methoxy groups -OCH3 is 1. The second kappa shape index (κ2) is 7.39. The summed E-state index contributed by atoms with van der Waals surface area (Å²) in [6.07, 6.45) is 3.14. The molecule has 126 valence electrons. The van der Waals surface area contributed by atoms with Crippen LogP contribution in [0.25, 0.3) is 0 Å². The molecule has 3 rings (SSSR count). The summed E-state index contributed by atoms with van der Waals surface area (Å²) in [6, 6.07) is 14.1. The lowest BCUT2D eigenvalue weighted by atomic mass is 9.88. The number of fused-ring (bicyclic) bond motifs is 1. The van der Waals surface area contributed by atoms with Gasteiger partial charge in [-0.2, -0.15) is 0 Å². The highest BCUT2D eigenvalue weighted by Gasteiger charge is 2.21. The lowest BCUT2D eigenvalue weighted by molar-refractivity contribution is -0.124. The van der Waals surface area contributed by atoms with Crippen molar-refractivity contribution >= 4 is 5.91 Å². The zero-order valence-electron chi connectivity index (χ0n) is 14.2. The topological polar surface area (TPSA) is 47.6 Å². The van der Waals surface area contributed by atoms with Crippen molar-refractivity contribution < 1.29 is 14.3 Å². The molecule has 0 fully saturated rings. The van der Waals surface area contributed by atoms with Crippen LogP contribution in [0.2, 0.25) is 0 Å². The molecule has 1 aliphatic rings. The average Bonchev–Trinajstić information content (AvgIpc) is 2.61. The maximum atomic E-state index is 12.3. The molecule has 1 amide bonds. The Balaban J connectivity index is 1.61. The summed E-state index contributed by atoms with van der Waals surface area (Å²) in [5, 5.41) is 3.09. The smallest absolute Gasteiger partial charge is 0.258 e. The van der Waals surface area contributed by atoms with Gasteiger partial charge >= 0.3 is 0 Å². The lowest BCUT2D eigenvalue weighted by Crippen LogP contribution is -2.34. The number of carbonyl (C=O) groups excluding carboxylic acids is 1. The fourth-order valence-corrected chi connectivity index (χ4v) is 3.18. The van der Waals surface area contributed by atoms with E-state index in [1.165, 1.54) is 11.1 Å². The van der Waals surface area contributed by atoms with Crippen LogP contribution in [0.5, 0.6) is 11.5 Å². The molecule has 1 aliphatic carbocycles. The largest absolute Gasteiger partial charge is 0.493 e. The van der Waals surface area contributed by atoms with Crippen LogP contribution < -0.4 is 14.8 Å². The number of benzene rings is 2. The van der Waals surface area contributed by atoms with Gasteiger partial charge in [-0.05, 0) is 55.0 Å². The number of carbonyl (C=O) groups is 1. The van der Waals surface area contributed by atoms with Crippen LogP contribution >= 0.6 is 0 Å². The molecule has 0 saturated carbocycles. The van der Waals surface area contributed by atoms with Gasteiger partial charge in [0, 0.05) is 0 Å². The molecular formula is C20H23NO3. The molecule has 4 nitrogen and oxygen atoms in total. The Bertz CT molecular complexity index is 727. The van der Waals surface area contributed by atoms with Crippen molar-refractivity contribution in [1.29, 1.82) is 0 Å². The van der Waals surface area contributed by atoms with Gasteiger partial charge in [-0.15, -0.1) is 0 Å². The first-order chi connectivity index (χ1) is 11.7. The van der Waals surface area contributed by atoms with E-state index in [4.69, 9.17) is 9.47 Å². The maximum Gasteiger partial charge on any atom is 0.258 e. The van der Waals surface area contributed by atoms with Crippen LogP contribution in [0.15, 0.2) is 42.5 Å². The summed E-state index contributed by atoms with van der Waals surface area (Å²) >= 11 is 0. The molecule has 0 saturated heterocycles. The van der Waals surface area contributed by atoms with Gasteiger partial charge in [0.25, 0.3) is 5.91 Å². The Morgan fingerprint density at radius 1 is 1.21 bits per heavy atom. The van der Waals surface area contributed by atoms with E-state index in [-0.39, 0.29) is 18.6 Å². The molecule has 0 bridgehead atoms. The minimum Gasteiger partial charge on any atom is -0.493 e. The van der Waals surface area contributed by atoms with E-state index in [2.05, 4.69) is 23.5 Å². The van der Waals surface area contributed by atoms with Crippen molar-refractivity contribution in [2.75, 3.05) is 13.7 Å². The van der Waals surface area contributed by atoms with E-state index in [9.17, 15) is 4.79 Å². The number of hydrogen-bond acceptors (Lipinski definition) is 3. The predicted molar refractivity (Wildman–Crippen MR) is 93.5 cm³/mol. The van der Waals surface area contributed by atoms with Crippen molar-refractivity contribution in [3.8, 4) is 11.5 Å². The molecule has 4 heteroatoms. The Morgan fingerprint density at radius 2 is 2.04 bits per heavy atom. The van der Waals surface area contributed by atoms with Gasteiger partial charge in [0.15, 0.2) is 18.1 Å². The zero-order chi connectivity index (χ0) is 16.9. The van der Waals surface area contributed by atoms with E-state index < -0.39 is 0 Å². The van der Waals surface area contributed by atoms with Crippen LogP contribution in [0, 0.1) is 6.92 Å². The van der Waals surface area contributed by atoms with E-state index in [1.807, 2.05) is 31.2 Å². The van der Waals surface area contributed by atoms with Crippen molar-refractivity contribution in [3.63, 3.8) is 0 Å². The van der Waals surface area contributed by atoms with Gasteiger partial charge in [0.2, 0.25) is 0 Å². The molecule has 0 unspecified atom stereocenters. The van der Waals surface area contributed by atoms with Crippen LogP contribution in [0.4, 0.5) is 0 Å². The highest BCUT2D eigenvalue weighted by Crippen LogP contribution is 2.30.